The number of carbonyl (C=O) groups excluding carboxylic acids is 1. The van der Waals surface area contributed by atoms with E-state index in [4.69, 9.17) is 10.5 Å². The van der Waals surface area contributed by atoms with E-state index in [1.807, 2.05) is 12.3 Å². The van der Waals surface area contributed by atoms with Crippen LogP contribution in [0.4, 0.5) is 5.69 Å². The van der Waals surface area contributed by atoms with Gasteiger partial charge in [0.1, 0.15) is 5.75 Å². The van der Waals surface area contributed by atoms with Crippen molar-refractivity contribution in [1.82, 2.24) is 10.3 Å². The van der Waals surface area contributed by atoms with Gasteiger partial charge in [-0.1, -0.05) is 6.92 Å². The lowest BCUT2D eigenvalue weighted by Gasteiger charge is -2.11. The highest BCUT2D eigenvalue weighted by molar-refractivity contribution is 7.09. The summed E-state index contributed by atoms with van der Waals surface area (Å²) < 4.78 is 5.06. The molecule has 2 rings (SSSR count). The number of thiazole rings is 1. The molecule has 5 nitrogen and oxygen atoms in total. The molecule has 1 aromatic heterocycles. The van der Waals surface area contributed by atoms with Crippen molar-refractivity contribution >= 4 is 22.9 Å². The second kappa shape index (κ2) is 6.38. The summed E-state index contributed by atoms with van der Waals surface area (Å²) in [4.78, 5) is 16.3. The van der Waals surface area contributed by atoms with Crippen molar-refractivity contribution in [1.29, 1.82) is 0 Å². The van der Waals surface area contributed by atoms with Crippen LogP contribution in [0.25, 0.3) is 0 Å². The Morgan fingerprint density at radius 2 is 2.35 bits per heavy atom. The highest BCUT2D eigenvalue weighted by Crippen LogP contribution is 2.22. The van der Waals surface area contributed by atoms with Crippen LogP contribution >= 0.6 is 11.3 Å². The molecule has 6 heteroatoms. The SMILES string of the molecule is COc1ccc(C(=O)NCC(C)c2nccs2)cc1N. The second-order valence-corrected chi connectivity index (χ2v) is 5.36. The van der Waals surface area contributed by atoms with Crippen LogP contribution < -0.4 is 15.8 Å². The first-order valence-corrected chi connectivity index (χ1v) is 7.11. The number of nitrogens with zero attached hydrogens (tertiary/aromatic N) is 1. The Balaban J connectivity index is 1.96. The fourth-order valence-electron chi connectivity index (χ4n) is 1.79. The third-order valence-electron chi connectivity index (χ3n) is 2.93. The topological polar surface area (TPSA) is 77.2 Å². The third-order valence-corrected chi connectivity index (χ3v) is 3.94. The average Bonchev–Trinajstić information content (AvgIpc) is 2.98. The molecule has 0 fully saturated rings. The molecule has 1 atom stereocenters. The number of aromatic nitrogens is 1. The molecule has 0 aliphatic rings. The van der Waals surface area contributed by atoms with Crippen LogP contribution in [-0.4, -0.2) is 24.5 Å². The van der Waals surface area contributed by atoms with Gasteiger partial charge in [0.25, 0.3) is 5.91 Å². The van der Waals surface area contributed by atoms with Crippen molar-refractivity contribution in [2.24, 2.45) is 0 Å². The van der Waals surface area contributed by atoms with Crippen LogP contribution in [0.5, 0.6) is 5.75 Å². The van der Waals surface area contributed by atoms with Gasteiger partial charge in [0.2, 0.25) is 0 Å². The van der Waals surface area contributed by atoms with Crippen LogP contribution in [0.2, 0.25) is 0 Å². The zero-order valence-electron chi connectivity index (χ0n) is 11.4. The number of carbonyl (C=O) groups is 1. The number of benzene rings is 1. The molecule has 3 N–H and O–H groups in total. The quantitative estimate of drug-likeness (QED) is 0.828. The molecule has 106 valence electrons. The molecule has 0 radical (unpaired) electrons. The maximum Gasteiger partial charge on any atom is 0.251 e. The van der Waals surface area contributed by atoms with Gasteiger partial charge in [-0.15, -0.1) is 11.3 Å². The molecule has 0 aliphatic carbocycles. The van der Waals surface area contributed by atoms with Crippen LogP contribution in [0.1, 0.15) is 28.2 Å². The summed E-state index contributed by atoms with van der Waals surface area (Å²) >= 11 is 1.59. The number of hydrogen-bond donors (Lipinski definition) is 2. The fraction of sp³-hybridized carbons (Fsp3) is 0.286. The molecule has 1 unspecified atom stereocenters. The lowest BCUT2D eigenvalue weighted by molar-refractivity contribution is 0.0951. The molecule has 1 aromatic carbocycles. The van der Waals surface area contributed by atoms with Crippen molar-refractivity contribution in [3.05, 3.63) is 40.3 Å². The van der Waals surface area contributed by atoms with E-state index >= 15 is 0 Å². The van der Waals surface area contributed by atoms with Gasteiger partial charge in [-0.25, -0.2) is 4.98 Å². The number of hydrogen-bond acceptors (Lipinski definition) is 5. The van der Waals surface area contributed by atoms with E-state index < -0.39 is 0 Å². The van der Waals surface area contributed by atoms with Gasteiger partial charge in [-0.3, -0.25) is 4.79 Å². The predicted molar refractivity (Wildman–Crippen MR) is 80.3 cm³/mol. The van der Waals surface area contributed by atoms with Crippen molar-refractivity contribution in [2.45, 2.75) is 12.8 Å². The van der Waals surface area contributed by atoms with Crippen LogP contribution in [0, 0.1) is 0 Å². The first-order valence-electron chi connectivity index (χ1n) is 6.23. The van der Waals surface area contributed by atoms with Gasteiger partial charge < -0.3 is 15.8 Å². The summed E-state index contributed by atoms with van der Waals surface area (Å²) in [6.07, 6.45) is 1.77. The average molecular weight is 291 g/mol. The molecule has 2 aromatic rings. The van der Waals surface area contributed by atoms with Crippen LogP contribution in [0.15, 0.2) is 29.8 Å². The molecular formula is C14H17N3O2S. The highest BCUT2D eigenvalue weighted by Gasteiger charge is 2.12. The monoisotopic (exact) mass is 291 g/mol. The number of nitrogens with one attached hydrogen (secondary N) is 1. The number of rotatable bonds is 5. The largest absolute Gasteiger partial charge is 0.495 e. The first kappa shape index (κ1) is 14.3. The lowest BCUT2D eigenvalue weighted by atomic mass is 10.1. The number of nitrogen functional groups attached to an aromatic ring is 1. The summed E-state index contributed by atoms with van der Waals surface area (Å²) in [5.74, 6) is 0.606. The number of ether oxygens (including phenoxy) is 1. The van der Waals surface area contributed by atoms with Crippen LogP contribution in [-0.2, 0) is 0 Å². The summed E-state index contributed by atoms with van der Waals surface area (Å²) in [5.41, 5.74) is 6.76. The Morgan fingerprint density at radius 3 is 2.95 bits per heavy atom. The molecule has 1 amide bonds. The summed E-state index contributed by atoms with van der Waals surface area (Å²) in [6.45, 7) is 2.57. The van der Waals surface area contributed by atoms with Crippen molar-refractivity contribution in [3.63, 3.8) is 0 Å². The zero-order valence-corrected chi connectivity index (χ0v) is 12.2. The maximum absolute atomic E-state index is 12.0. The van der Waals surface area contributed by atoms with Crippen LogP contribution in [0.3, 0.4) is 0 Å². The van der Waals surface area contributed by atoms with E-state index in [9.17, 15) is 4.79 Å². The van der Waals surface area contributed by atoms with E-state index in [-0.39, 0.29) is 11.8 Å². The zero-order chi connectivity index (χ0) is 14.5. The Hall–Kier alpha value is -2.08. The standard InChI is InChI=1S/C14H17N3O2S/c1-9(14-16-5-6-20-14)8-17-13(18)10-3-4-12(19-2)11(15)7-10/h3-7,9H,8,15H2,1-2H3,(H,17,18). The first-order chi connectivity index (χ1) is 9.61. The number of nitrogens with two attached hydrogens (primary N) is 1. The van der Waals surface area contributed by atoms with Gasteiger partial charge >= 0.3 is 0 Å². The Labute approximate surface area is 121 Å². The third kappa shape index (κ3) is 3.27. The Morgan fingerprint density at radius 1 is 1.55 bits per heavy atom. The number of anilines is 1. The minimum atomic E-state index is -0.150. The van der Waals surface area contributed by atoms with Crippen molar-refractivity contribution in [3.8, 4) is 5.75 Å². The molecule has 0 spiro atoms. The summed E-state index contributed by atoms with van der Waals surface area (Å²) in [5, 5.41) is 5.82. The minimum Gasteiger partial charge on any atom is -0.495 e. The highest BCUT2D eigenvalue weighted by atomic mass is 32.1. The van der Waals surface area contributed by atoms with Gasteiger partial charge in [-0.2, -0.15) is 0 Å². The molecule has 1 heterocycles. The molecule has 0 saturated heterocycles. The number of methoxy groups -OCH3 is 1. The van der Waals surface area contributed by atoms with Crippen molar-refractivity contribution in [2.75, 3.05) is 19.4 Å². The molecule has 0 saturated carbocycles. The fourth-order valence-corrected chi connectivity index (χ4v) is 2.49. The molecular weight excluding hydrogens is 274 g/mol. The van der Waals surface area contributed by atoms with Gasteiger partial charge in [0, 0.05) is 29.6 Å². The Bertz CT molecular complexity index is 584. The van der Waals surface area contributed by atoms with Crippen molar-refractivity contribution < 1.29 is 9.53 Å². The molecule has 0 aliphatic heterocycles. The minimum absolute atomic E-state index is 0.150. The second-order valence-electron chi connectivity index (χ2n) is 4.44. The van der Waals surface area contributed by atoms with E-state index in [0.717, 1.165) is 5.01 Å². The summed E-state index contributed by atoms with van der Waals surface area (Å²) in [7, 11) is 1.54. The van der Waals surface area contributed by atoms with Gasteiger partial charge in [-0.05, 0) is 18.2 Å². The predicted octanol–water partition coefficient (Wildman–Crippen LogP) is 2.27. The maximum atomic E-state index is 12.0. The lowest BCUT2D eigenvalue weighted by Crippen LogP contribution is -2.27. The normalized spacial score (nSPS) is 11.9. The van der Waals surface area contributed by atoms with Gasteiger partial charge in [0.05, 0.1) is 17.8 Å². The molecule has 20 heavy (non-hydrogen) atoms. The van der Waals surface area contributed by atoms with E-state index in [1.165, 1.54) is 0 Å². The molecule has 0 bridgehead atoms. The van der Waals surface area contributed by atoms with E-state index in [2.05, 4.69) is 10.3 Å². The number of amides is 1. The summed E-state index contributed by atoms with van der Waals surface area (Å²) in [6, 6.07) is 5.00. The Kier molecular flexibility index (Phi) is 4.57. The smallest absolute Gasteiger partial charge is 0.251 e. The van der Waals surface area contributed by atoms with E-state index in [1.54, 1.807) is 42.8 Å². The van der Waals surface area contributed by atoms with Gasteiger partial charge in [0.15, 0.2) is 0 Å². The van der Waals surface area contributed by atoms with E-state index in [0.29, 0.717) is 23.5 Å².